The molecule has 0 aliphatic heterocycles. The van der Waals surface area contributed by atoms with Gasteiger partial charge in [0.1, 0.15) is 0 Å². The maximum absolute atomic E-state index is 10.2. The van der Waals surface area contributed by atoms with Gasteiger partial charge in [-0.25, -0.2) is 0 Å². The number of aliphatic hydroxyl groups is 4. The zero-order valence-electron chi connectivity index (χ0n) is 12.2. The molecule has 1 aromatic carbocycles. The summed E-state index contributed by atoms with van der Waals surface area (Å²) in [6.07, 6.45) is 2.47. The lowest BCUT2D eigenvalue weighted by atomic mass is 9.90. The fourth-order valence-electron chi connectivity index (χ4n) is 2.78. The van der Waals surface area contributed by atoms with E-state index in [0.717, 1.165) is 11.1 Å². The van der Waals surface area contributed by atoms with Crippen LogP contribution in [-0.2, 0) is 0 Å². The van der Waals surface area contributed by atoms with E-state index in [4.69, 9.17) is 0 Å². The van der Waals surface area contributed by atoms with Crippen molar-refractivity contribution in [3.8, 4) is 0 Å². The summed E-state index contributed by atoms with van der Waals surface area (Å²) in [4.78, 5) is 0. The van der Waals surface area contributed by atoms with Crippen molar-refractivity contribution in [3.05, 3.63) is 65.3 Å². The predicted molar refractivity (Wildman–Crippen MR) is 81.0 cm³/mol. The molecular formula is C17H20O4. The van der Waals surface area contributed by atoms with Gasteiger partial charge in [0.25, 0.3) is 0 Å². The van der Waals surface area contributed by atoms with Gasteiger partial charge in [0, 0.05) is 11.1 Å². The summed E-state index contributed by atoms with van der Waals surface area (Å²) in [6.45, 7) is 7.52. The summed E-state index contributed by atoms with van der Waals surface area (Å²) in [6, 6.07) is 7.38. The lowest BCUT2D eigenvalue weighted by Crippen LogP contribution is -2.35. The molecule has 1 aliphatic rings. The third-order valence-electron chi connectivity index (χ3n) is 3.70. The van der Waals surface area contributed by atoms with Crippen molar-refractivity contribution in [2.75, 3.05) is 0 Å². The van der Waals surface area contributed by atoms with Crippen molar-refractivity contribution in [1.29, 1.82) is 0 Å². The van der Waals surface area contributed by atoms with Crippen LogP contribution in [0, 0.1) is 6.92 Å². The van der Waals surface area contributed by atoms with E-state index in [0.29, 0.717) is 5.57 Å². The third kappa shape index (κ3) is 2.71. The van der Waals surface area contributed by atoms with Gasteiger partial charge < -0.3 is 20.4 Å². The van der Waals surface area contributed by atoms with Crippen molar-refractivity contribution >= 4 is 5.57 Å². The molecule has 112 valence electrons. The number of aryl methyl sites for hydroxylation is 1. The largest absolute Gasteiger partial charge is 0.362 e. The molecule has 0 radical (unpaired) electrons. The first-order valence-electron chi connectivity index (χ1n) is 6.73. The molecule has 0 amide bonds. The molecule has 4 nitrogen and oxygen atoms in total. The van der Waals surface area contributed by atoms with Crippen LogP contribution >= 0.6 is 0 Å². The Kier molecular flexibility index (Phi) is 3.91. The molecule has 0 saturated carbocycles. The molecule has 4 N–H and O–H groups in total. The van der Waals surface area contributed by atoms with E-state index in [1.165, 1.54) is 6.08 Å². The average Bonchev–Trinajstić information content (AvgIpc) is 2.54. The standard InChI is InChI=1S/C17H20O4/c1-4-7-14-15(17(20,21)10-16(14,18)19)12(3)13-9-6-5-8-11(13)2/h4-9,18-21H,3,10H2,1-2H3/b7-4-. The first kappa shape index (κ1) is 15.7. The zero-order chi connectivity index (χ0) is 15.8. The first-order chi connectivity index (χ1) is 9.70. The van der Waals surface area contributed by atoms with Crippen LogP contribution < -0.4 is 0 Å². The SMILES string of the molecule is C=C(C1=C(/C=C\C)C(O)(O)CC1(O)O)c1ccccc1C. The molecule has 2 rings (SSSR count). The second-order valence-corrected chi connectivity index (χ2v) is 5.39. The Hall–Kier alpha value is -1.72. The van der Waals surface area contributed by atoms with Gasteiger partial charge in [0.2, 0.25) is 0 Å². The summed E-state index contributed by atoms with van der Waals surface area (Å²) in [5, 5.41) is 40.5. The number of hydrogen-bond donors (Lipinski definition) is 4. The van der Waals surface area contributed by atoms with Crippen molar-refractivity contribution in [1.82, 2.24) is 0 Å². The lowest BCUT2D eigenvalue weighted by Gasteiger charge is -2.22. The van der Waals surface area contributed by atoms with Gasteiger partial charge in [-0.3, -0.25) is 0 Å². The normalized spacial score (nSPS) is 20.3. The van der Waals surface area contributed by atoms with E-state index in [2.05, 4.69) is 6.58 Å². The van der Waals surface area contributed by atoms with E-state index in [9.17, 15) is 20.4 Å². The minimum Gasteiger partial charge on any atom is -0.362 e. The van der Waals surface area contributed by atoms with Gasteiger partial charge >= 0.3 is 0 Å². The van der Waals surface area contributed by atoms with Crippen LogP contribution in [0.2, 0.25) is 0 Å². The topological polar surface area (TPSA) is 80.9 Å². The number of rotatable bonds is 3. The molecule has 4 heteroatoms. The van der Waals surface area contributed by atoms with E-state index >= 15 is 0 Å². The molecule has 0 spiro atoms. The summed E-state index contributed by atoms with van der Waals surface area (Å²) < 4.78 is 0. The summed E-state index contributed by atoms with van der Waals surface area (Å²) in [5.74, 6) is -4.63. The smallest absolute Gasteiger partial charge is 0.196 e. The molecular weight excluding hydrogens is 268 g/mol. The van der Waals surface area contributed by atoms with Crippen molar-refractivity contribution in [2.45, 2.75) is 31.8 Å². The van der Waals surface area contributed by atoms with Gasteiger partial charge in [-0.05, 0) is 30.5 Å². The fraction of sp³-hybridized carbons (Fsp3) is 0.294. The van der Waals surface area contributed by atoms with E-state index in [1.807, 2.05) is 31.2 Å². The Balaban J connectivity index is 2.65. The summed E-state index contributed by atoms with van der Waals surface area (Å²) in [7, 11) is 0. The molecule has 0 atom stereocenters. The van der Waals surface area contributed by atoms with Crippen LogP contribution in [0.15, 0.2) is 54.1 Å². The van der Waals surface area contributed by atoms with Crippen molar-refractivity contribution in [3.63, 3.8) is 0 Å². The Morgan fingerprint density at radius 3 is 2.33 bits per heavy atom. The molecule has 0 bridgehead atoms. The molecule has 1 aliphatic carbocycles. The van der Waals surface area contributed by atoms with E-state index < -0.39 is 18.0 Å². The highest BCUT2D eigenvalue weighted by atomic mass is 16.5. The van der Waals surface area contributed by atoms with Crippen LogP contribution in [-0.4, -0.2) is 32.0 Å². The molecule has 21 heavy (non-hydrogen) atoms. The highest BCUT2D eigenvalue weighted by molar-refractivity contribution is 5.83. The number of benzene rings is 1. The Morgan fingerprint density at radius 1 is 1.14 bits per heavy atom. The Morgan fingerprint density at radius 2 is 1.76 bits per heavy atom. The maximum Gasteiger partial charge on any atom is 0.196 e. The summed E-state index contributed by atoms with van der Waals surface area (Å²) in [5.41, 5.74) is 2.12. The second-order valence-electron chi connectivity index (χ2n) is 5.39. The monoisotopic (exact) mass is 288 g/mol. The number of allylic oxidation sites excluding steroid dienone is 1. The van der Waals surface area contributed by atoms with Crippen LogP contribution in [0.4, 0.5) is 0 Å². The predicted octanol–water partition coefficient (Wildman–Crippen LogP) is 1.65. The van der Waals surface area contributed by atoms with Gasteiger partial charge in [-0.15, -0.1) is 0 Å². The summed E-state index contributed by atoms with van der Waals surface area (Å²) >= 11 is 0. The number of hydrogen-bond acceptors (Lipinski definition) is 4. The fourth-order valence-corrected chi connectivity index (χ4v) is 2.78. The molecule has 1 aromatic rings. The Labute approximate surface area is 124 Å². The van der Waals surface area contributed by atoms with Gasteiger partial charge in [-0.1, -0.05) is 43.0 Å². The first-order valence-corrected chi connectivity index (χ1v) is 6.73. The molecule has 0 saturated heterocycles. The molecule has 0 fully saturated rings. The van der Waals surface area contributed by atoms with Crippen molar-refractivity contribution < 1.29 is 20.4 Å². The second kappa shape index (κ2) is 5.24. The van der Waals surface area contributed by atoms with Gasteiger partial charge in [-0.2, -0.15) is 0 Å². The van der Waals surface area contributed by atoms with E-state index in [-0.39, 0.29) is 11.1 Å². The quantitative estimate of drug-likeness (QED) is 0.638. The molecule has 0 unspecified atom stereocenters. The lowest BCUT2D eigenvalue weighted by molar-refractivity contribution is -0.199. The maximum atomic E-state index is 10.2. The highest BCUT2D eigenvalue weighted by Crippen LogP contribution is 2.46. The minimum atomic E-state index is -2.34. The van der Waals surface area contributed by atoms with E-state index in [1.54, 1.807) is 13.0 Å². The molecule has 0 aromatic heterocycles. The van der Waals surface area contributed by atoms with Crippen LogP contribution in [0.25, 0.3) is 5.57 Å². The van der Waals surface area contributed by atoms with Crippen LogP contribution in [0.5, 0.6) is 0 Å². The highest BCUT2D eigenvalue weighted by Gasteiger charge is 2.51. The van der Waals surface area contributed by atoms with Gasteiger partial charge in [0.05, 0.1) is 6.42 Å². The van der Waals surface area contributed by atoms with Crippen LogP contribution in [0.3, 0.4) is 0 Å². The van der Waals surface area contributed by atoms with Gasteiger partial charge in [0.15, 0.2) is 11.6 Å². The third-order valence-corrected chi connectivity index (χ3v) is 3.70. The van der Waals surface area contributed by atoms with Crippen LogP contribution in [0.1, 0.15) is 24.5 Å². The minimum absolute atomic E-state index is 0.0416. The average molecular weight is 288 g/mol. The Bertz CT molecular complexity index is 636. The van der Waals surface area contributed by atoms with Crippen molar-refractivity contribution in [2.24, 2.45) is 0 Å². The zero-order valence-corrected chi connectivity index (χ0v) is 12.2. The molecule has 0 heterocycles.